The van der Waals surface area contributed by atoms with E-state index in [0.29, 0.717) is 7.85 Å². The van der Waals surface area contributed by atoms with Gasteiger partial charge in [-0.2, -0.15) is 0 Å². The first-order valence-electron chi connectivity index (χ1n) is 2.09. The third-order valence-electron chi connectivity index (χ3n) is 0.769. The number of rotatable bonds is 2. The number of allylic oxidation sites excluding steroid dienone is 1. The van der Waals surface area contributed by atoms with Crippen molar-refractivity contribution >= 4 is 45.2 Å². The Morgan fingerprint density at radius 1 is 1.57 bits per heavy atom. The molecule has 7 heavy (non-hydrogen) atoms. The van der Waals surface area contributed by atoms with Crippen LogP contribution in [0.2, 0.25) is 0 Å². The number of hydrogen-bond acceptors (Lipinski definition) is 0. The molecule has 0 aliphatic carbocycles. The molecular weight excluding hydrogens is 314 g/mol. The van der Waals surface area contributed by atoms with Crippen molar-refractivity contribution in [1.29, 1.82) is 0 Å². The quantitative estimate of drug-likeness (QED) is 0.417. The Kier molecular flexibility index (Phi) is 4.82. The van der Waals surface area contributed by atoms with Crippen LogP contribution < -0.4 is 0 Å². The van der Waals surface area contributed by atoms with E-state index in [2.05, 4.69) is 58.7 Å². The summed E-state index contributed by atoms with van der Waals surface area (Å²) in [6.45, 7) is 5.84. The Labute approximate surface area is 72.0 Å². The lowest BCUT2D eigenvalue weighted by molar-refractivity contribution is 0.849. The highest BCUT2D eigenvalue weighted by atomic mass is 127. The number of hydrogen-bond donors (Lipinski definition) is 0. The van der Waals surface area contributed by atoms with Gasteiger partial charge in [0.25, 0.3) is 0 Å². The molecule has 0 fully saturated rings. The molecule has 0 heterocycles. The Hall–Kier alpha value is 1.20. The van der Waals surface area contributed by atoms with Crippen LogP contribution in [0.25, 0.3) is 0 Å². The molecular formula is C5H8I2. The topological polar surface area (TPSA) is 0 Å². The molecule has 42 valence electrons. The van der Waals surface area contributed by atoms with Gasteiger partial charge < -0.3 is 0 Å². The molecule has 0 aromatic rings. The van der Waals surface area contributed by atoms with Crippen LogP contribution >= 0.6 is 45.2 Å². The van der Waals surface area contributed by atoms with Crippen LogP contribution in [0.3, 0.4) is 0 Å². The number of halogens is 2. The van der Waals surface area contributed by atoms with Crippen LogP contribution in [-0.4, -0.2) is 1.93 Å². The van der Waals surface area contributed by atoms with Crippen LogP contribution in [0.1, 0.15) is 6.92 Å². The van der Waals surface area contributed by atoms with Crippen molar-refractivity contribution in [3.63, 3.8) is 0 Å². The standard InChI is InChI=1S/C5H8I2/c1-3-4(2)5(6)7/h3-5H,1H2,2H3. The minimum absolute atomic E-state index is 0.640. The summed E-state index contributed by atoms with van der Waals surface area (Å²) in [5.74, 6) is 0.640. The van der Waals surface area contributed by atoms with Crippen LogP contribution in [0.15, 0.2) is 12.7 Å². The molecule has 0 spiro atoms. The molecule has 0 aromatic carbocycles. The third-order valence-corrected chi connectivity index (χ3v) is 3.04. The number of alkyl halides is 2. The van der Waals surface area contributed by atoms with Gasteiger partial charge >= 0.3 is 0 Å². The minimum Gasteiger partial charge on any atom is -0.103 e. The molecule has 0 aliphatic rings. The average molecular weight is 322 g/mol. The van der Waals surface area contributed by atoms with Gasteiger partial charge in [0.05, 0.1) is 1.93 Å². The fourth-order valence-corrected chi connectivity index (χ4v) is 0.690. The van der Waals surface area contributed by atoms with Gasteiger partial charge in [0.1, 0.15) is 0 Å². The summed E-state index contributed by atoms with van der Waals surface area (Å²) in [6.07, 6.45) is 1.98. The summed E-state index contributed by atoms with van der Waals surface area (Å²) in [6, 6.07) is 0. The second-order valence-electron chi connectivity index (χ2n) is 1.43. The minimum atomic E-state index is 0.640. The highest BCUT2D eigenvalue weighted by Gasteiger charge is 2.02. The lowest BCUT2D eigenvalue weighted by Crippen LogP contribution is -1.96. The SMILES string of the molecule is C=CC(C)C(I)I. The van der Waals surface area contributed by atoms with Gasteiger partial charge in [0, 0.05) is 0 Å². The molecule has 0 N–H and O–H groups in total. The van der Waals surface area contributed by atoms with E-state index in [1.165, 1.54) is 0 Å². The van der Waals surface area contributed by atoms with Gasteiger partial charge in [-0.15, -0.1) is 6.58 Å². The molecule has 0 saturated carbocycles. The van der Waals surface area contributed by atoms with Crippen molar-refractivity contribution < 1.29 is 0 Å². The Morgan fingerprint density at radius 2 is 2.00 bits per heavy atom. The summed E-state index contributed by atoms with van der Waals surface area (Å²) in [5.41, 5.74) is 0. The highest BCUT2D eigenvalue weighted by molar-refractivity contribution is 14.2. The van der Waals surface area contributed by atoms with Gasteiger partial charge in [-0.3, -0.25) is 0 Å². The molecule has 0 aliphatic heterocycles. The summed E-state index contributed by atoms with van der Waals surface area (Å²) >= 11 is 4.77. The van der Waals surface area contributed by atoms with E-state index in [0.717, 1.165) is 0 Å². The predicted octanol–water partition coefficient (Wildman–Crippen LogP) is 3.00. The molecule has 0 saturated heterocycles. The Bertz CT molecular complexity index is 59.1. The fourth-order valence-electron chi connectivity index (χ4n) is 0.103. The maximum Gasteiger partial charge on any atom is 0.0686 e. The zero-order valence-corrected chi connectivity index (χ0v) is 8.51. The van der Waals surface area contributed by atoms with E-state index in [1.807, 2.05) is 6.08 Å². The first-order chi connectivity index (χ1) is 3.18. The second kappa shape index (κ2) is 4.12. The van der Waals surface area contributed by atoms with Crippen LogP contribution in [0.4, 0.5) is 0 Å². The Balaban J connectivity index is 3.33. The van der Waals surface area contributed by atoms with Crippen molar-refractivity contribution in [2.45, 2.75) is 8.86 Å². The maximum atomic E-state index is 3.67. The average Bonchev–Trinajstić information content (AvgIpc) is 1.65. The van der Waals surface area contributed by atoms with Crippen molar-refractivity contribution in [2.24, 2.45) is 5.92 Å². The van der Waals surface area contributed by atoms with Crippen LogP contribution in [0, 0.1) is 5.92 Å². The monoisotopic (exact) mass is 322 g/mol. The zero-order chi connectivity index (χ0) is 5.86. The van der Waals surface area contributed by atoms with Gasteiger partial charge in [-0.1, -0.05) is 58.2 Å². The van der Waals surface area contributed by atoms with E-state index in [4.69, 9.17) is 0 Å². The molecule has 0 rings (SSSR count). The lowest BCUT2D eigenvalue weighted by Gasteiger charge is -2.03. The Morgan fingerprint density at radius 3 is 2.00 bits per heavy atom. The third kappa shape index (κ3) is 3.76. The predicted molar refractivity (Wildman–Crippen MR) is 51.2 cm³/mol. The largest absolute Gasteiger partial charge is 0.103 e. The molecule has 0 nitrogen and oxygen atoms in total. The van der Waals surface area contributed by atoms with Crippen LogP contribution in [-0.2, 0) is 0 Å². The molecule has 1 atom stereocenters. The second-order valence-corrected chi connectivity index (χ2v) is 6.50. The van der Waals surface area contributed by atoms with E-state index in [1.54, 1.807) is 0 Å². The van der Waals surface area contributed by atoms with Gasteiger partial charge in [-0.25, -0.2) is 0 Å². The summed E-state index contributed by atoms with van der Waals surface area (Å²) in [5, 5.41) is 0. The fraction of sp³-hybridized carbons (Fsp3) is 0.600. The molecule has 0 bridgehead atoms. The first kappa shape index (κ1) is 8.20. The van der Waals surface area contributed by atoms with E-state index in [9.17, 15) is 0 Å². The van der Waals surface area contributed by atoms with Crippen molar-refractivity contribution in [1.82, 2.24) is 0 Å². The van der Waals surface area contributed by atoms with Gasteiger partial charge in [0.15, 0.2) is 0 Å². The molecule has 2 heteroatoms. The summed E-state index contributed by atoms with van der Waals surface area (Å²) < 4.78 is 0.688. The van der Waals surface area contributed by atoms with Crippen LogP contribution in [0.5, 0.6) is 0 Å². The molecule has 0 amide bonds. The lowest BCUT2D eigenvalue weighted by atomic mass is 10.2. The highest BCUT2D eigenvalue weighted by Crippen LogP contribution is 2.20. The summed E-state index contributed by atoms with van der Waals surface area (Å²) in [4.78, 5) is 0. The smallest absolute Gasteiger partial charge is 0.0686 e. The molecule has 0 radical (unpaired) electrons. The summed E-state index contributed by atoms with van der Waals surface area (Å²) in [7, 11) is 0. The zero-order valence-electron chi connectivity index (χ0n) is 4.20. The van der Waals surface area contributed by atoms with E-state index < -0.39 is 0 Å². The van der Waals surface area contributed by atoms with Crippen molar-refractivity contribution in [2.75, 3.05) is 0 Å². The molecule has 1 unspecified atom stereocenters. The molecule has 0 aromatic heterocycles. The van der Waals surface area contributed by atoms with Crippen molar-refractivity contribution in [3.8, 4) is 0 Å². The van der Waals surface area contributed by atoms with Gasteiger partial charge in [-0.05, 0) is 5.92 Å². The normalized spacial score (nSPS) is 14.3. The van der Waals surface area contributed by atoms with Crippen molar-refractivity contribution in [3.05, 3.63) is 12.7 Å². The maximum absolute atomic E-state index is 3.67. The first-order valence-corrected chi connectivity index (χ1v) is 4.58. The van der Waals surface area contributed by atoms with Gasteiger partial charge in [0.2, 0.25) is 0 Å². The van der Waals surface area contributed by atoms with E-state index in [-0.39, 0.29) is 0 Å². The van der Waals surface area contributed by atoms with E-state index >= 15 is 0 Å².